The molecule has 1 aliphatic rings. The molecule has 1 amide bonds. The number of piperidine rings is 1. The number of carbonyl (C=O) groups excluding carboxylic acids is 2. The molecule has 0 atom stereocenters. The van der Waals surface area contributed by atoms with Crippen molar-refractivity contribution in [1.29, 1.82) is 0 Å². The van der Waals surface area contributed by atoms with Crippen LogP contribution in [-0.2, 0) is 30.9 Å². The Balaban J connectivity index is 1.57. The van der Waals surface area contributed by atoms with Gasteiger partial charge in [-0.25, -0.2) is 12.8 Å². The molecule has 2 aromatic carbocycles. The molecule has 36 heavy (non-hydrogen) atoms. The molecule has 0 unspecified atom stereocenters. The third kappa shape index (κ3) is 5.42. The first-order chi connectivity index (χ1) is 17.1. The molecule has 2 heterocycles. The fourth-order valence-electron chi connectivity index (χ4n) is 4.16. The number of sulfonamides is 1. The number of hydrogen-bond acceptors (Lipinski definition) is 6. The number of halogens is 1. The molecular weight excluding hydrogens is 505 g/mol. The predicted molar refractivity (Wildman–Crippen MR) is 134 cm³/mol. The summed E-state index contributed by atoms with van der Waals surface area (Å²) >= 11 is 1.33. The standard InChI is InChI=1S/C25H28FN3O5S2/c1-16(2)18-4-9-21-22(14-18)35-25(29(21)15-23(30)34-3)27-24(31)17-10-12-28(13-11-17)36(32,33)20-7-5-19(26)6-8-20/h4-9,14,16-17H,10-13,15H2,1-3H3. The van der Waals surface area contributed by atoms with Crippen molar-refractivity contribution in [3.63, 3.8) is 0 Å². The van der Waals surface area contributed by atoms with Crippen LogP contribution in [0.15, 0.2) is 52.4 Å². The normalized spacial score (nSPS) is 16.1. The highest BCUT2D eigenvalue weighted by Crippen LogP contribution is 2.26. The first-order valence-electron chi connectivity index (χ1n) is 11.6. The SMILES string of the molecule is COC(=O)Cn1c(=NC(=O)C2CCN(S(=O)(=O)c3ccc(F)cc3)CC2)sc2cc(C(C)C)ccc21. The molecule has 1 aromatic heterocycles. The minimum absolute atomic E-state index is 0.0215. The number of fused-ring (bicyclic) bond motifs is 1. The zero-order valence-corrected chi connectivity index (χ0v) is 21.9. The number of nitrogens with zero attached hydrogens (tertiary/aromatic N) is 3. The van der Waals surface area contributed by atoms with E-state index >= 15 is 0 Å². The van der Waals surface area contributed by atoms with Crippen LogP contribution in [0, 0.1) is 11.7 Å². The number of amides is 1. The summed E-state index contributed by atoms with van der Waals surface area (Å²) in [4.78, 5) is 29.9. The second-order valence-electron chi connectivity index (χ2n) is 9.01. The van der Waals surface area contributed by atoms with Crippen LogP contribution < -0.4 is 4.80 Å². The van der Waals surface area contributed by atoms with E-state index in [0.717, 1.165) is 27.9 Å². The number of esters is 1. The van der Waals surface area contributed by atoms with Crippen molar-refractivity contribution in [2.45, 2.75) is 44.0 Å². The van der Waals surface area contributed by atoms with Crippen molar-refractivity contribution < 1.29 is 27.1 Å². The molecule has 0 aliphatic carbocycles. The van der Waals surface area contributed by atoms with Gasteiger partial charge in [-0.05, 0) is 60.7 Å². The molecule has 1 aliphatic heterocycles. The second kappa shape index (κ2) is 10.6. The van der Waals surface area contributed by atoms with Crippen molar-refractivity contribution in [2.75, 3.05) is 20.2 Å². The fourth-order valence-corrected chi connectivity index (χ4v) is 6.72. The van der Waals surface area contributed by atoms with Crippen LogP contribution in [0.2, 0.25) is 0 Å². The molecule has 4 rings (SSSR count). The Kier molecular flexibility index (Phi) is 7.72. The minimum Gasteiger partial charge on any atom is -0.468 e. The van der Waals surface area contributed by atoms with Gasteiger partial charge in [0.25, 0.3) is 5.91 Å². The minimum atomic E-state index is -3.77. The lowest BCUT2D eigenvalue weighted by atomic mass is 9.98. The van der Waals surface area contributed by atoms with Crippen LogP contribution in [0.5, 0.6) is 0 Å². The highest BCUT2D eigenvalue weighted by Gasteiger charge is 2.32. The van der Waals surface area contributed by atoms with E-state index in [1.54, 1.807) is 4.57 Å². The molecule has 3 aromatic rings. The van der Waals surface area contributed by atoms with Crippen LogP contribution in [-0.4, -0.2) is 49.4 Å². The first-order valence-corrected chi connectivity index (χ1v) is 13.9. The van der Waals surface area contributed by atoms with Crippen LogP contribution >= 0.6 is 11.3 Å². The summed E-state index contributed by atoms with van der Waals surface area (Å²) in [5.74, 6) is -1.42. The fraction of sp³-hybridized carbons (Fsp3) is 0.400. The van der Waals surface area contributed by atoms with Gasteiger partial charge in [0, 0.05) is 19.0 Å². The first kappa shape index (κ1) is 26.2. The number of methoxy groups -OCH3 is 1. The zero-order valence-electron chi connectivity index (χ0n) is 20.3. The Morgan fingerprint density at radius 1 is 1.14 bits per heavy atom. The number of hydrogen-bond donors (Lipinski definition) is 0. The van der Waals surface area contributed by atoms with Crippen LogP contribution in [0.3, 0.4) is 0 Å². The Morgan fingerprint density at radius 3 is 2.42 bits per heavy atom. The molecule has 11 heteroatoms. The van der Waals surface area contributed by atoms with Gasteiger partial charge in [0.15, 0.2) is 4.80 Å². The monoisotopic (exact) mass is 533 g/mol. The van der Waals surface area contributed by atoms with Gasteiger partial charge < -0.3 is 9.30 Å². The van der Waals surface area contributed by atoms with Crippen LogP contribution in [0.4, 0.5) is 4.39 Å². The number of rotatable bonds is 6. The van der Waals surface area contributed by atoms with E-state index in [1.807, 2.05) is 18.2 Å². The van der Waals surface area contributed by atoms with E-state index in [4.69, 9.17) is 4.74 Å². The molecule has 192 valence electrons. The van der Waals surface area contributed by atoms with E-state index < -0.39 is 27.7 Å². The summed E-state index contributed by atoms with van der Waals surface area (Å²) in [5.41, 5.74) is 1.93. The van der Waals surface area contributed by atoms with Gasteiger partial charge in [-0.1, -0.05) is 31.3 Å². The number of ether oxygens (including phenoxy) is 1. The van der Waals surface area contributed by atoms with E-state index in [9.17, 15) is 22.4 Å². The highest BCUT2D eigenvalue weighted by molar-refractivity contribution is 7.89. The summed E-state index contributed by atoms with van der Waals surface area (Å²) in [6, 6.07) is 10.7. The van der Waals surface area contributed by atoms with E-state index in [2.05, 4.69) is 18.8 Å². The Hall–Kier alpha value is -2.89. The Labute approximate surface area is 213 Å². The van der Waals surface area contributed by atoms with Gasteiger partial charge in [-0.2, -0.15) is 9.30 Å². The van der Waals surface area contributed by atoms with Crippen molar-refractivity contribution in [3.05, 3.63) is 58.6 Å². The average molecular weight is 534 g/mol. The molecule has 8 nitrogen and oxygen atoms in total. The zero-order chi connectivity index (χ0) is 26.0. The third-order valence-electron chi connectivity index (χ3n) is 6.35. The van der Waals surface area contributed by atoms with Crippen molar-refractivity contribution in [1.82, 2.24) is 8.87 Å². The van der Waals surface area contributed by atoms with Gasteiger partial charge in [-0.3, -0.25) is 9.59 Å². The summed E-state index contributed by atoms with van der Waals surface area (Å²) < 4.78 is 47.7. The van der Waals surface area contributed by atoms with Crippen molar-refractivity contribution in [2.24, 2.45) is 10.9 Å². The second-order valence-corrected chi connectivity index (χ2v) is 12.0. The maximum atomic E-state index is 13.2. The predicted octanol–water partition coefficient (Wildman–Crippen LogP) is 3.67. The molecule has 0 spiro atoms. The lowest BCUT2D eigenvalue weighted by Crippen LogP contribution is -2.40. The summed E-state index contributed by atoms with van der Waals surface area (Å²) in [5, 5.41) is 0. The quantitative estimate of drug-likeness (QED) is 0.451. The van der Waals surface area contributed by atoms with Gasteiger partial charge >= 0.3 is 5.97 Å². The number of thiazole rings is 1. The van der Waals surface area contributed by atoms with Gasteiger partial charge in [0.2, 0.25) is 10.0 Å². The topological polar surface area (TPSA) is 98.0 Å². The van der Waals surface area contributed by atoms with Crippen molar-refractivity contribution in [3.8, 4) is 0 Å². The molecular formula is C25H28FN3O5S2. The van der Waals surface area contributed by atoms with Gasteiger partial charge in [0.1, 0.15) is 12.4 Å². The lowest BCUT2D eigenvalue weighted by molar-refractivity contribution is -0.141. The largest absolute Gasteiger partial charge is 0.468 e. The average Bonchev–Trinajstić information content (AvgIpc) is 3.20. The molecule has 1 saturated heterocycles. The maximum Gasteiger partial charge on any atom is 0.325 e. The number of carbonyl (C=O) groups is 2. The maximum absolute atomic E-state index is 13.2. The third-order valence-corrected chi connectivity index (χ3v) is 9.30. The van der Waals surface area contributed by atoms with Gasteiger partial charge in [0.05, 0.1) is 22.2 Å². The van der Waals surface area contributed by atoms with E-state index in [-0.39, 0.29) is 30.4 Å². The molecule has 0 N–H and O–H groups in total. The molecule has 1 fully saturated rings. The highest BCUT2D eigenvalue weighted by atomic mass is 32.2. The Bertz CT molecular complexity index is 1450. The van der Waals surface area contributed by atoms with Crippen LogP contribution in [0.25, 0.3) is 10.2 Å². The summed E-state index contributed by atoms with van der Waals surface area (Å²) in [6.07, 6.45) is 0.643. The number of aromatic nitrogens is 1. The van der Waals surface area contributed by atoms with Gasteiger partial charge in [-0.15, -0.1) is 0 Å². The van der Waals surface area contributed by atoms with Crippen molar-refractivity contribution >= 4 is 43.5 Å². The molecule has 0 radical (unpaired) electrons. The lowest BCUT2D eigenvalue weighted by Gasteiger charge is -2.29. The summed E-state index contributed by atoms with van der Waals surface area (Å²) in [7, 11) is -2.46. The summed E-state index contributed by atoms with van der Waals surface area (Å²) in [6.45, 7) is 4.44. The Morgan fingerprint density at radius 2 is 1.81 bits per heavy atom. The smallest absolute Gasteiger partial charge is 0.325 e. The van der Waals surface area contributed by atoms with E-state index in [1.165, 1.54) is 34.9 Å². The number of benzene rings is 2. The molecule has 0 bridgehead atoms. The van der Waals surface area contributed by atoms with Crippen LogP contribution in [0.1, 0.15) is 38.2 Å². The van der Waals surface area contributed by atoms with E-state index in [0.29, 0.717) is 23.6 Å². The molecule has 0 saturated carbocycles.